The number of oxime groups is 1. The lowest BCUT2D eigenvalue weighted by Crippen LogP contribution is -2.71. The number of carboxylic acid groups (broad SMARTS) is 2. The number of carbonyl (C=O) groups is 4. The Morgan fingerprint density at radius 2 is 1.94 bits per heavy atom. The smallest absolute Gasteiger partial charge is 0.361 e. The van der Waals surface area contributed by atoms with Gasteiger partial charge in [0.15, 0.2) is 22.3 Å². The van der Waals surface area contributed by atoms with Crippen molar-refractivity contribution >= 4 is 85.4 Å². The molecule has 2 aromatic heterocycles. The van der Waals surface area contributed by atoms with Gasteiger partial charge in [-0.05, 0) is 34.5 Å². The number of benzene rings is 1. The number of nitrogens with two attached hydrogens (primary N) is 2. The van der Waals surface area contributed by atoms with E-state index >= 15 is 0 Å². The minimum atomic E-state index is -4.37. The summed E-state index contributed by atoms with van der Waals surface area (Å²) in [4.78, 5) is 65.6. The number of hydrogen-bond donors (Lipinski definition) is 8. The van der Waals surface area contributed by atoms with Crippen LogP contribution in [0.4, 0.5) is 10.9 Å². The lowest BCUT2D eigenvalue weighted by atomic mass is 10.0. The van der Waals surface area contributed by atoms with E-state index in [9.17, 15) is 48.0 Å². The maximum absolute atomic E-state index is 13.5. The van der Waals surface area contributed by atoms with E-state index in [1.807, 2.05) is 0 Å². The van der Waals surface area contributed by atoms with Crippen molar-refractivity contribution in [3.8, 4) is 11.5 Å². The van der Waals surface area contributed by atoms with Crippen LogP contribution < -0.4 is 21.4 Å². The molecule has 5 rings (SSSR count). The largest absolute Gasteiger partial charge is 0.504 e. The summed E-state index contributed by atoms with van der Waals surface area (Å²) in [7, 11) is -2.82. The third kappa shape index (κ3) is 8.09. The maximum Gasteiger partial charge on any atom is 0.361 e. The fourth-order valence-corrected chi connectivity index (χ4v) is 8.46. The topological polar surface area (TPSA) is 322 Å². The van der Waals surface area contributed by atoms with Crippen LogP contribution in [-0.4, -0.2) is 101 Å². The average molecular weight is 784 g/mol. The second-order valence-electron chi connectivity index (χ2n) is 10.8. The maximum atomic E-state index is 13.5. The number of thioether (sulfide) groups is 2. The third-order valence-electron chi connectivity index (χ3n) is 7.20. The molecule has 10 N–H and O–H groups in total. The van der Waals surface area contributed by atoms with Crippen molar-refractivity contribution in [2.24, 2.45) is 12.2 Å². The molecule has 4 heterocycles. The number of fused-ring (bicyclic) bond motifs is 1. The molecule has 3 aromatic rings. The summed E-state index contributed by atoms with van der Waals surface area (Å²) in [5, 5.41) is 46.2. The number of rotatable bonds is 13. The number of aromatic nitrogens is 3. The number of nitrogens with zero attached hydrogens (tertiary/aromatic N) is 5. The number of carboxylic acids is 2. The monoisotopic (exact) mass is 783 g/mol. The van der Waals surface area contributed by atoms with Crippen molar-refractivity contribution in [3.63, 3.8) is 0 Å². The van der Waals surface area contributed by atoms with Crippen molar-refractivity contribution in [1.82, 2.24) is 20.2 Å². The molecular formula is C27H27N8O12S4+. The number of β-lactam (4-membered cyclic amide) rings is 1. The summed E-state index contributed by atoms with van der Waals surface area (Å²) in [5.74, 6) is -6.62. The lowest BCUT2D eigenvalue weighted by Gasteiger charge is -2.49. The molecule has 1 aromatic carbocycles. The van der Waals surface area contributed by atoms with Crippen LogP contribution in [-0.2, 0) is 46.9 Å². The number of nitrogens with one attached hydrogen (secondary N) is 1. The standard InChI is InChI=1S/C27H26N8O12S4/c1-34-5-11(9-51(44,45)46)20(28)32-27(34)50-7-12-6-48-23-17(22(39)35(23)18(12)24(40)41)31-21(38)16(13-8-49-26(29)30-13)33-47-19(25(42)43)10-2-3-14(36)15(37)4-10/h2-5,8,17,19,23,28H,6-7,9H2,1H3,(H8,29,30,31,33,36,37,38,40,41,42,43,44,45,46)/p+1. The van der Waals surface area contributed by atoms with Gasteiger partial charge in [0, 0.05) is 22.4 Å². The molecule has 3 unspecified atom stereocenters. The van der Waals surface area contributed by atoms with E-state index in [-0.39, 0.29) is 45.0 Å². The van der Waals surface area contributed by atoms with Crippen molar-refractivity contribution in [2.45, 2.75) is 28.4 Å². The van der Waals surface area contributed by atoms with Crippen LogP contribution in [0.2, 0.25) is 0 Å². The first-order valence-electron chi connectivity index (χ1n) is 14.1. The number of phenolic OH excluding ortho intramolecular Hbond substituents is 2. The number of anilines is 2. The summed E-state index contributed by atoms with van der Waals surface area (Å²) in [6.45, 7) is 0. The first-order valence-corrected chi connectivity index (χ1v) is 18.6. The lowest BCUT2D eigenvalue weighted by molar-refractivity contribution is -0.713. The Balaban J connectivity index is 1.34. The Kier molecular flexibility index (Phi) is 10.6. The molecule has 2 aliphatic heterocycles. The number of aliphatic carboxylic acids is 2. The number of amides is 2. The van der Waals surface area contributed by atoms with Gasteiger partial charge in [-0.1, -0.05) is 11.2 Å². The second kappa shape index (κ2) is 14.6. The first-order chi connectivity index (χ1) is 23.9. The number of carbonyl (C=O) groups excluding carboxylic acids is 2. The summed E-state index contributed by atoms with van der Waals surface area (Å²) < 4.78 is 33.2. The molecule has 0 spiro atoms. The van der Waals surface area contributed by atoms with E-state index in [0.717, 1.165) is 58.0 Å². The van der Waals surface area contributed by atoms with Gasteiger partial charge in [0.05, 0.1) is 12.6 Å². The minimum Gasteiger partial charge on any atom is -0.504 e. The van der Waals surface area contributed by atoms with Crippen LogP contribution in [0.5, 0.6) is 11.5 Å². The average Bonchev–Trinajstić information content (AvgIpc) is 3.48. The number of aromatic hydroxyl groups is 2. The molecule has 0 radical (unpaired) electrons. The third-order valence-corrected chi connectivity index (χ3v) is 11.0. The molecular weight excluding hydrogens is 757 g/mol. The van der Waals surface area contributed by atoms with Crippen LogP contribution in [0.3, 0.4) is 0 Å². The number of hydrogen-bond acceptors (Lipinski definition) is 17. The molecule has 1 saturated heterocycles. The zero-order valence-electron chi connectivity index (χ0n) is 25.9. The van der Waals surface area contributed by atoms with E-state index in [2.05, 4.69) is 20.4 Å². The Hall–Kier alpha value is -5.17. The SMILES string of the molecule is C[n+]1cc(CS(=O)(=O)O)c(N)nc1SCC1=C(C(=O)O)N2C(=O)C(NC(=O)/C(=N\OC(C(=O)O)c3ccc(O)c(O)c3)c3csc(N)n3)C2SC1. The van der Waals surface area contributed by atoms with Crippen LogP contribution in [0.25, 0.3) is 0 Å². The minimum absolute atomic E-state index is 0.0274. The van der Waals surface area contributed by atoms with Crippen LogP contribution in [0.1, 0.15) is 22.9 Å². The van der Waals surface area contributed by atoms with Gasteiger partial charge in [0.1, 0.15) is 34.8 Å². The van der Waals surface area contributed by atoms with Gasteiger partial charge in [-0.2, -0.15) is 8.42 Å². The highest BCUT2D eigenvalue weighted by Crippen LogP contribution is 2.41. The molecule has 24 heteroatoms. The fourth-order valence-electron chi connectivity index (χ4n) is 4.86. The van der Waals surface area contributed by atoms with Gasteiger partial charge >= 0.3 is 17.1 Å². The van der Waals surface area contributed by atoms with Gasteiger partial charge in [0.2, 0.25) is 11.9 Å². The summed E-state index contributed by atoms with van der Waals surface area (Å²) in [6, 6.07) is 1.89. The number of nitrogen functional groups attached to an aromatic ring is 2. The second-order valence-corrected chi connectivity index (χ2v) is 15.2. The molecule has 3 atom stereocenters. The molecule has 51 heavy (non-hydrogen) atoms. The van der Waals surface area contributed by atoms with E-state index in [1.54, 1.807) is 7.05 Å². The van der Waals surface area contributed by atoms with Crippen LogP contribution in [0, 0.1) is 0 Å². The number of thiazole rings is 1. The Morgan fingerprint density at radius 3 is 2.55 bits per heavy atom. The number of aryl methyl sites for hydroxylation is 1. The van der Waals surface area contributed by atoms with E-state index in [1.165, 1.54) is 16.1 Å². The van der Waals surface area contributed by atoms with E-state index in [4.69, 9.17) is 20.9 Å². The summed E-state index contributed by atoms with van der Waals surface area (Å²) in [5.41, 5.74) is 10.9. The Bertz CT molecular complexity index is 2120. The van der Waals surface area contributed by atoms with Crippen molar-refractivity contribution in [3.05, 3.63) is 57.9 Å². The highest BCUT2D eigenvalue weighted by Gasteiger charge is 2.54. The van der Waals surface area contributed by atoms with Gasteiger partial charge < -0.3 is 42.0 Å². The molecule has 0 saturated carbocycles. The van der Waals surface area contributed by atoms with E-state index < -0.39 is 74.4 Å². The quantitative estimate of drug-likeness (QED) is 0.0157. The van der Waals surface area contributed by atoms with Gasteiger partial charge in [-0.15, -0.1) is 23.1 Å². The molecule has 1 fully saturated rings. The van der Waals surface area contributed by atoms with Crippen LogP contribution in [0.15, 0.2) is 51.4 Å². The molecule has 2 aliphatic rings. The number of phenols is 2. The zero-order valence-corrected chi connectivity index (χ0v) is 29.1. The van der Waals surface area contributed by atoms with Crippen molar-refractivity contribution < 1.29 is 62.0 Å². The van der Waals surface area contributed by atoms with Crippen molar-refractivity contribution in [1.29, 1.82) is 0 Å². The normalized spacial score (nSPS) is 18.1. The fraction of sp³-hybridized carbons (Fsp3) is 0.259. The van der Waals surface area contributed by atoms with Gasteiger partial charge in [-0.25, -0.2) is 19.1 Å². The van der Waals surface area contributed by atoms with Crippen LogP contribution >= 0.6 is 34.9 Å². The Morgan fingerprint density at radius 1 is 1.22 bits per heavy atom. The highest BCUT2D eigenvalue weighted by molar-refractivity contribution is 8.01. The molecule has 0 bridgehead atoms. The first kappa shape index (κ1) is 37.1. The molecule has 2 amide bonds. The predicted molar refractivity (Wildman–Crippen MR) is 180 cm³/mol. The Labute approximate surface area is 299 Å². The molecule has 270 valence electrons. The zero-order chi connectivity index (χ0) is 37.4. The summed E-state index contributed by atoms with van der Waals surface area (Å²) in [6.07, 6.45) is -0.487. The summed E-state index contributed by atoms with van der Waals surface area (Å²) >= 11 is 3.17. The van der Waals surface area contributed by atoms with E-state index in [0.29, 0.717) is 10.7 Å². The van der Waals surface area contributed by atoms with Gasteiger partial charge in [-0.3, -0.25) is 19.0 Å². The predicted octanol–water partition coefficient (Wildman–Crippen LogP) is -0.596. The molecule has 20 nitrogen and oxygen atoms in total. The highest BCUT2D eigenvalue weighted by atomic mass is 32.2. The molecule has 0 aliphatic carbocycles. The van der Waals surface area contributed by atoms with Gasteiger partial charge in [0.25, 0.3) is 21.9 Å². The van der Waals surface area contributed by atoms with Crippen molar-refractivity contribution in [2.75, 3.05) is 23.0 Å².